The average Bonchev–Trinajstić information content (AvgIpc) is 2.43. The van der Waals surface area contributed by atoms with Crippen molar-refractivity contribution in [3.05, 3.63) is 34.9 Å². The highest BCUT2D eigenvalue weighted by Gasteiger charge is 2.15. The van der Waals surface area contributed by atoms with Crippen LogP contribution in [-0.2, 0) is 22.4 Å². The normalized spacial score (nSPS) is 10.3. The molecule has 0 aliphatic heterocycles. The summed E-state index contributed by atoms with van der Waals surface area (Å²) in [6, 6.07) is 4.93. The molecule has 0 amide bonds. The van der Waals surface area contributed by atoms with Crippen molar-refractivity contribution in [2.75, 3.05) is 13.2 Å². The fourth-order valence-electron chi connectivity index (χ4n) is 2.02. The van der Waals surface area contributed by atoms with E-state index >= 15 is 0 Å². The van der Waals surface area contributed by atoms with Gasteiger partial charge in [0.1, 0.15) is 0 Å². The van der Waals surface area contributed by atoms with Gasteiger partial charge in [0, 0.05) is 6.61 Å². The van der Waals surface area contributed by atoms with Crippen molar-refractivity contribution in [1.29, 1.82) is 0 Å². The maximum atomic E-state index is 11.7. The van der Waals surface area contributed by atoms with Crippen LogP contribution in [0.4, 0.5) is 0 Å². The Hall–Kier alpha value is -1.88. The number of carboxylic acid groups (broad SMARTS) is 1. The zero-order chi connectivity index (χ0) is 15.0. The number of rotatable bonds is 8. The van der Waals surface area contributed by atoms with E-state index in [1.807, 2.05) is 6.92 Å². The summed E-state index contributed by atoms with van der Waals surface area (Å²) in [4.78, 5) is 22.8. The van der Waals surface area contributed by atoms with E-state index in [2.05, 4.69) is 0 Å². The zero-order valence-electron chi connectivity index (χ0n) is 11.6. The van der Waals surface area contributed by atoms with Crippen molar-refractivity contribution in [1.82, 2.24) is 0 Å². The number of carbonyl (C=O) groups is 2. The second kappa shape index (κ2) is 8.32. The Morgan fingerprint density at radius 3 is 2.60 bits per heavy atom. The number of aliphatic hydroxyl groups is 1. The molecule has 0 aromatic heterocycles. The lowest BCUT2D eigenvalue weighted by molar-refractivity contribution is -0.143. The molecular weight excluding hydrogens is 260 g/mol. The molecule has 0 bridgehead atoms. The monoisotopic (exact) mass is 280 g/mol. The molecule has 2 N–H and O–H groups in total. The molecule has 1 aromatic rings. The van der Waals surface area contributed by atoms with Gasteiger partial charge < -0.3 is 14.9 Å². The minimum Gasteiger partial charge on any atom is -0.478 e. The first-order valence-electron chi connectivity index (χ1n) is 6.70. The predicted molar refractivity (Wildman–Crippen MR) is 73.8 cm³/mol. The molecule has 0 saturated heterocycles. The van der Waals surface area contributed by atoms with Crippen LogP contribution in [0.2, 0.25) is 0 Å². The fraction of sp³-hybridized carbons (Fsp3) is 0.467. The van der Waals surface area contributed by atoms with Crippen LogP contribution in [0.15, 0.2) is 18.2 Å². The van der Waals surface area contributed by atoms with E-state index in [1.165, 1.54) is 6.07 Å². The van der Waals surface area contributed by atoms with Crippen LogP contribution in [0, 0.1) is 0 Å². The Bertz CT molecular complexity index is 467. The van der Waals surface area contributed by atoms with E-state index in [1.54, 1.807) is 12.1 Å². The van der Waals surface area contributed by atoms with Crippen molar-refractivity contribution in [2.45, 2.75) is 32.6 Å². The standard InChI is InChI=1S/C15H20O5/c1-2-12-11(6-5-7-13(12)15(18)19)10-14(17)20-9-4-3-8-16/h5-7,16H,2-4,8-10H2,1H3,(H,18,19). The van der Waals surface area contributed by atoms with Crippen LogP contribution >= 0.6 is 0 Å². The molecular formula is C15H20O5. The summed E-state index contributed by atoms with van der Waals surface area (Å²) in [5.74, 6) is -1.36. The molecule has 0 spiro atoms. The van der Waals surface area contributed by atoms with Gasteiger partial charge in [-0.15, -0.1) is 0 Å². The second-order valence-electron chi connectivity index (χ2n) is 4.43. The Morgan fingerprint density at radius 2 is 2.00 bits per heavy atom. The summed E-state index contributed by atoms with van der Waals surface area (Å²) in [6.07, 6.45) is 1.85. The summed E-state index contributed by atoms with van der Waals surface area (Å²) < 4.78 is 5.05. The molecule has 0 saturated carbocycles. The summed E-state index contributed by atoms with van der Waals surface area (Å²) in [5, 5.41) is 17.7. The summed E-state index contributed by atoms with van der Waals surface area (Å²) in [5.41, 5.74) is 1.60. The molecule has 0 atom stereocenters. The van der Waals surface area contributed by atoms with Crippen LogP contribution < -0.4 is 0 Å². The Labute approximate surface area is 118 Å². The third kappa shape index (κ3) is 4.66. The minimum atomic E-state index is -0.986. The fourth-order valence-corrected chi connectivity index (χ4v) is 2.02. The number of carbonyl (C=O) groups excluding carboxylic acids is 1. The van der Waals surface area contributed by atoms with Crippen LogP contribution in [0.1, 0.15) is 41.3 Å². The molecule has 0 unspecified atom stereocenters. The van der Waals surface area contributed by atoms with Gasteiger partial charge in [-0.25, -0.2) is 4.79 Å². The third-order valence-corrected chi connectivity index (χ3v) is 3.01. The number of hydrogen-bond acceptors (Lipinski definition) is 4. The molecule has 5 heteroatoms. The van der Waals surface area contributed by atoms with Crippen LogP contribution in [-0.4, -0.2) is 35.4 Å². The van der Waals surface area contributed by atoms with Gasteiger partial charge in [0.25, 0.3) is 0 Å². The predicted octanol–water partition coefficient (Wildman–Crippen LogP) is 1.81. The zero-order valence-corrected chi connectivity index (χ0v) is 11.6. The number of benzene rings is 1. The van der Waals surface area contributed by atoms with Crippen molar-refractivity contribution in [3.8, 4) is 0 Å². The number of aromatic carboxylic acids is 1. The van der Waals surface area contributed by atoms with E-state index in [0.717, 1.165) is 0 Å². The molecule has 1 rings (SSSR count). The molecule has 20 heavy (non-hydrogen) atoms. The Kier molecular flexibility index (Phi) is 6.73. The Balaban J connectivity index is 2.69. The lowest BCUT2D eigenvalue weighted by atomic mass is 9.97. The molecule has 5 nitrogen and oxygen atoms in total. The number of aliphatic hydroxyl groups excluding tert-OH is 1. The molecule has 0 fully saturated rings. The lowest BCUT2D eigenvalue weighted by Gasteiger charge is -2.11. The topological polar surface area (TPSA) is 83.8 Å². The van der Waals surface area contributed by atoms with Gasteiger partial charge in [-0.2, -0.15) is 0 Å². The first kappa shape index (κ1) is 16.2. The largest absolute Gasteiger partial charge is 0.478 e. The second-order valence-corrected chi connectivity index (χ2v) is 4.43. The number of hydrogen-bond donors (Lipinski definition) is 2. The highest BCUT2D eigenvalue weighted by Crippen LogP contribution is 2.17. The molecule has 110 valence electrons. The van der Waals surface area contributed by atoms with Gasteiger partial charge in [0.2, 0.25) is 0 Å². The molecule has 0 heterocycles. The minimum absolute atomic E-state index is 0.0728. The van der Waals surface area contributed by atoms with Gasteiger partial charge in [-0.3, -0.25) is 4.79 Å². The van der Waals surface area contributed by atoms with Gasteiger partial charge >= 0.3 is 11.9 Å². The van der Waals surface area contributed by atoms with Crippen molar-refractivity contribution in [3.63, 3.8) is 0 Å². The molecule has 1 aromatic carbocycles. The number of ether oxygens (including phenoxy) is 1. The van der Waals surface area contributed by atoms with Crippen LogP contribution in [0.5, 0.6) is 0 Å². The molecule has 0 aliphatic rings. The molecule has 0 aliphatic carbocycles. The summed E-state index contributed by atoms with van der Waals surface area (Å²) in [6.45, 7) is 2.22. The molecule has 0 radical (unpaired) electrons. The summed E-state index contributed by atoms with van der Waals surface area (Å²) >= 11 is 0. The first-order chi connectivity index (χ1) is 9.60. The maximum Gasteiger partial charge on any atom is 0.335 e. The number of esters is 1. The quantitative estimate of drug-likeness (QED) is 0.560. The van der Waals surface area contributed by atoms with Crippen molar-refractivity contribution in [2.24, 2.45) is 0 Å². The van der Waals surface area contributed by atoms with E-state index < -0.39 is 5.97 Å². The highest BCUT2D eigenvalue weighted by molar-refractivity contribution is 5.90. The maximum absolute atomic E-state index is 11.7. The summed E-state index contributed by atoms with van der Waals surface area (Å²) in [7, 11) is 0. The van der Waals surface area contributed by atoms with E-state index in [0.29, 0.717) is 30.4 Å². The van der Waals surface area contributed by atoms with E-state index in [4.69, 9.17) is 14.9 Å². The lowest BCUT2D eigenvalue weighted by Crippen LogP contribution is -2.13. The van der Waals surface area contributed by atoms with Crippen LogP contribution in [0.3, 0.4) is 0 Å². The van der Waals surface area contributed by atoms with Gasteiger partial charge in [-0.05, 0) is 36.5 Å². The number of carboxylic acids is 1. The first-order valence-corrected chi connectivity index (χ1v) is 6.70. The van der Waals surface area contributed by atoms with E-state index in [-0.39, 0.29) is 31.2 Å². The van der Waals surface area contributed by atoms with Crippen LogP contribution in [0.25, 0.3) is 0 Å². The highest BCUT2D eigenvalue weighted by atomic mass is 16.5. The van der Waals surface area contributed by atoms with Crippen molar-refractivity contribution >= 4 is 11.9 Å². The van der Waals surface area contributed by atoms with Crippen molar-refractivity contribution < 1.29 is 24.5 Å². The smallest absolute Gasteiger partial charge is 0.335 e. The Morgan fingerprint density at radius 1 is 1.25 bits per heavy atom. The van der Waals surface area contributed by atoms with Gasteiger partial charge in [0.05, 0.1) is 18.6 Å². The SMILES string of the molecule is CCc1c(CC(=O)OCCCCO)cccc1C(=O)O. The third-order valence-electron chi connectivity index (χ3n) is 3.01. The van der Waals surface area contributed by atoms with Gasteiger partial charge in [-0.1, -0.05) is 19.1 Å². The average molecular weight is 280 g/mol. The van der Waals surface area contributed by atoms with E-state index in [9.17, 15) is 9.59 Å². The number of unbranched alkanes of at least 4 members (excludes halogenated alkanes) is 1. The van der Waals surface area contributed by atoms with Gasteiger partial charge in [0.15, 0.2) is 0 Å².